The molecule has 26 heavy (non-hydrogen) atoms. The first-order chi connectivity index (χ1) is 12.5. The fraction of sp³-hybridized carbons (Fsp3) is 0.474. The van der Waals surface area contributed by atoms with Crippen LogP contribution in [0.1, 0.15) is 53.3 Å². The lowest BCUT2D eigenvalue weighted by Crippen LogP contribution is -2.45. The monoisotopic (exact) mass is 392 g/mol. The van der Waals surface area contributed by atoms with Crippen molar-refractivity contribution in [1.82, 2.24) is 10.6 Å². The molecule has 0 aromatic carbocycles. The second kappa shape index (κ2) is 8.33. The number of nitrogens with one attached hydrogen (secondary N) is 2. The van der Waals surface area contributed by atoms with Crippen LogP contribution in [0.5, 0.6) is 0 Å². The van der Waals surface area contributed by atoms with Crippen LogP contribution in [-0.2, 0) is 21.5 Å². The minimum atomic E-state index is -0.595. The maximum absolute atomic E-state index is 12.2. The number of aliphatic hydroxyl groups excluding tert-OH is 1. The molecule has 140 valence electrons. The molecular weight excluding hydrogens is 368 g/mol. The number of hydrogen-bond acceptors (Lipinski definition) is 5. The summed E-state index contributed by atoms with van der Waals surface area (Å²) in [7, 11) is 0. The van der Waals surface area contributed by atoms with E-state index in [1.165, 1.54) is 4.88 Å². The predicted molar refractivity (Wildman–Crippen MR) is 104 cm³/mol. The summed E-state index contributed by atoms with van der Waals surface area (Å²) in [6, 6.07) is 7.85. The fourth-order valence-electron chi connectivity index (χ4n) is 3.42. The molecule has 0 aliphatic heterocycles. The maximum Gasteiger partial charge on any atom is 0.309 e. The molecule has 2 heterocycles. The average Bonchev–Trinajstić information content (AvgIpc) is 3.39. The first kappa shape index (κ1) is 19.1. The van der Waals surface area contributed by atoms with Crippen molar-refractivity contribution in [3.8, 4) is 0 Å². The molecule has 0 saturated heterocycles. The van der Waals surface area contributed by atoms with E-state index in [-0.39, 0.29) is 5.41 Å². The van der Waals surface area contributed by atoms with Gasteiger partial charge in [0.05, 0.1) is 12.6 Å². The van der Waals surface area contributed by atoms with Crippen molar-refractivity contribution < 1.29 is 14.7 Å². The highest BCUT2D eigenvalue weighted by Crippen LogP contribution is 2.44. The Kier molecular flexibility index (Phi) is 6.11. The molecule has 0 unspecified atom stereocenters. The van der Waals surface area contributed by atoms with E-state index in [0.717, 1.165) is 35.4 Å². The highest BCUT2D eigenvalue weighted by Gasteiger charge is 2.37. The zero-order valence-corrected chi connectivity index (χ0v) is 16.4. The van der Waals surface area contributed by atoms with E-state index >= 15 is 0 Å². The van der Waals surface area contributed by atoms with Crippen LogP contribution in [0, 0.1) is 0 Å². The first-order valence-electron chi connectivity index (χ1n) is 8.87. The van der Waals surface area contributed by atoms with Crippen LogP contribution >= 0.6 is 22.7 Å². The number of carbonyl (C=O) groups is 2. The summed E-state index contributed by atoms with van der Waals surface area (Å²) in [6.07, 6.45) is 3.73. The Morgan fingerprint density at radius 2 is 1.92 bits per heavy atom. The smallest absolute Gasteiger partial charge is 0.309 e. The topological polar surface area (TPSA) is 78.4 Å². The molecule has 1 saturated carbocycles. The van der Waals surface area contributed by atoms with Gasteiger partial charge in [-0.15, -0.1) is 22.7 Å². The summed E-state index contributed by atoms with van der Waals surface area (Å²) < 4.78 is 0. The Labute approximate surface area is 161 Å². The van der Waals surface area contributed by atoms with Crippen LogP contribution < -0.4 is 10.6 Å². The van der Waals surface area contributed by atoms with Gasteiger partial charge in [-0.2, -0.15) is 0 Å². The summed E-state index contributed by atoms with van der Waals surface area (Å²) >= 11 is 3.15. The first-order valence-corrected chi connectivity index (χ1v) is 10.6. The van der Waals surface area contributed by atoms with E-state index in [9.17, 15) is 14.7 Å². The average molecular weight is 393 g/mol. The van der Waals surface area contributed by atoms with Crippen LogP contribution in [0.2, 0.25) is 0 Å². The molecule has 3 N–H and O–H groups in total. The number of thiophene rings is 2. The molecule has 1 aliphatic rings. The maximum atomic E-state index is 12.2. The standard InChI is InChI=1S/C19H24N2O3S2/c1-13(22)15-6-7-16(26-15)19(8-2-3-9-19)12-21-18(24)17(23)20-11-14-5-4-10-25-14/h4-7,10,13,22H,2-3,8-9,11-12H2,1H3,(H,20,23)(H,21,24)/t13-/m1/s1. The van der Waals surface area contributed by atoms with Gasteiger partial charge in [-0.05, 0) is 43.3 Å². The molecule has 1 aliphatic carbocycles. The molecule has 1 atom stereocenters. The molecule has 0 radical (unpaired) electrons. The van der Waals surface area contributed by atoms with Crippen molar-refractivity contribution in [3.05, 3.63) is 44.3 Å². The summed E-state index contributed by atoms with van der Waals surface area (Å²) in [6.45, 7) is 2.59. The third kappa shape index (κ3) is 4.34. The second-order valence-corrected chi connectivity index (χ2v) is 8.96. The van der Waals surface area contributed by atoms with Crippen LogP contribution in [0.3, 0.4) is 0 Å². The van der Waals surface area contributed by atoms with Crippen molar-refractivity contribution in [2.45, 2.75) is 50.7 Å². The highest BCUT2D eigenvalue weighted by molar-refractivity contribution is 7.12. The van der Waals surface area contributed by atoms with Crippen LogP contribution in [-0.4, -0.2) is 23.5 Å². The summed E-state index contributed by atoms with van der Waals surface area (Å²) in [5.74, 6) is -1.18. The van der Waals surface area contributed by atoms with E-state index in [1.54, 1.807) is 29.6 Å². The Balaban J connectivity index is 1.59. The SMILES string of the molecule is C[C@@H](O)c1ccc(C2(CNC(=O)C(=O)NCc3cccs3)CCCC2)s1. The Hall–Kier alpha value is -1.70. The van der Waals surface area contributed by atoms with Crippen molar-refractivity contribution in [2.75, 3.05) is 6.54 Å². The quantitative estimate of drug-likeness (QED) is 0.661. The summed E-state index contributed by atoms with van der Waals surface area (Å²) in [5, 5.41) is 17.2. The van der Waals surface area contributed by atoms with Gasteiger partial charge in [0, 0.05) is 26.6 Å². The van der Waals surface area contributed by atoms with Crippen LogP contribution in [0.25, 0.3) is 0 Å². The molecule has 0 bridgehead atoms. The van der Waals surface area contributed by atoms with Crippen molar-refractivity contribution in [3.63, 3.8) is 0 Å². The molecule has 5 nitrogen and oxygen atoms in total. The number of hydrogen-bond donors (Lipinski definition) is 3. The van der Waals surface area contributed by atoms with Crippen LogP contribution in [0.15, 0.2) is 29.6 Å². The molecule has 2 aromatic heterocycles. The van der Waals surface area contributed by atoms with Gasteiger partial charge in [-0.3, -0.25) is 9.59 Å². The zero-order valence-electron chi connectivity index (χ0n) is 14.8. The Bertz CT molecular complexity index is 747. The van der Waals surface area contributed by atoms with E-state index < -0.39 is 17.9 Å². The minimum absolute atomic E-state index is 0.124. The summed E-state index contributed by atoms with van der Waals surface area (Å²) in [5.41, 5.74) is -0.124. The van der Waals surface area contributed by atoms with E-state index in [1.807, 2.05) is 23.6 Å². The number of aliphatic hydroxyl groups is 1. The molecule has 2 aromatic rings. The highest BCUT2D eigenvalue weighted by atomic mass is 32.1. The summed E-state index contributed by atoms with van der Waals surface area (Å²) in [4.78, 5) is 27.4. The fourth-order valence-corrected chi connectivity index (χ4v) is 5.25. The van der Waals surface area contributed by atoms with Gasteiger partial charge in [0.2, 0.25) is 0 Å². The van der Waals surface area contributed by atoms with Crippen molar-refractivity contribution in [2.24, 2.45) is 0 Å². The normalized spacial score (nSPS) is 17.0. The number of rotatable bonds is 6. The molecule has 2 amide bonds. The minimum Gasteiger partial charge on any atom is -0.388 e. The van der Waals surface area contributed by atoms with Gasteiger partial charge in [-0.1, -0.05) is 18.9 Å². The van der Waals surface area contributed by atoms with E-state index in [2.05, 4.69) is 16.7 Å². The number of amides is 2. The molecule has 1 fully saturated rings. The third-order valence-corrected chi connectivity index (χ3v) is 7.30. The largest absolute Gasteiger partial charge is 0.388 e. The predicted octanol–water partition coefficient (Wildman–Crippen LogP) is 3.11. The third-order valence-electron chi connectivity index (χ3n) is 4.92. The molecule has 7 heteroatoms. The lowest BCUT2D eigenvalue weighted by atomic mass is 9.84. The lowest BCUT2D eigenvalue weighted by molar-refractivity contribution is -0.139. The van der Waals surface area contributed by atoms with Gasteiger partial charge < -0.3 is 15.7 Å². The van der Waals surface area contributed by atoms with Crippen LogP contribution in [0.4, 0.5) is 0 Å². The molecule has 0 spiro atoms. The van der Waals surface area contributed by atoms with Gasteiger partial charge in [-0.25, -0.2) is 0 Å². The molecular formula is C19H24N2O3S2. The van der Waals surface area contributed by atoms with Gasteiger partial charge in [0.1, 0.15) is 0 Å². The van der Waals surface area contributed by atoms with Gasteiger partial charge >= 0.3 is 11.8 Å². The van der Waals surface area contributed by atoms with Crippen molar-refractivity contribution >= 4 is 34.5 Å². The second-order valence-electron chi connectivity index (χ2n) is 6.81. The Morgan fingerprint density at radius 1 is 1.19 bits per heavy atom. The zero-order chi connectivity index (χ0) is 18.6. The van der Waals surface area contributed by atoms with E-state index in [0.29, 0.717) is 13.1 Å². The van der Waals surface area contributed by atoms with Crippen molar-refractivity contribution in [1.29, 1.82) is 0 Å². The van der Waals surface area contributed by atoms with E-state index in [4.69, 9.17) is 0 Å². The number of carbonyl (C=O) groups excluding carboxylic acids is 2. The molecule has 3 rings (SSSR count). The lowest BCUT2D eigenvalue weighted by Gasteiger charge is -2.28. The van der Waals surface area contributed by atoms with Gasteiger partial charge in [0.15, 0.2) is 0 Å². The Morgan fingerprint density at radius 3 is 2.54 bits per heavy atom. The van der Waals surface area contributed by atoms with Gasteiger partial charge in [0.25, 0.3) is 0 Å².